The second-order valence-electron chi connectivity index (χ2n) is 6.44. The van der Waals surface area contributed by atoms with Crippen LogP contribution in [0.4, 0.5) is 18.9 Å². The van der Waals surface area contributed by atoms with Gasteiger partial charge in [-0.3, -0.25) is 9.69 Å². The maximum Gasteiger partial charge on any atom is 0.416 e. The Hall–Kier alpha value is -2.55. The van der Waals surface area contributed by atoms with Crippen LogP contribution in [0.15, 0.2) is 28.9 Å². The van der Waals surface area contributed by atoms with Crippen molar-refractivity contribution in [2.75, 3.05) is 31.3 Å². The summed E-state index contributed by atoms with van der Waals surface area (Å²) < 4.78 is 55.3. The molecule has 1 aromatic carbocycles. The van der Waals surface area contributed by atoms with Gasteiger partial charge in [-0.2, -0.15) is 13.2 Å². The van der Waals surface area contributed by atoms with Crippen molar-refractivity contribution in [2.45, 2.75) is 24.9 Å². The van der Waals surface area contributed by atoms with E-state index in [0.29, 0.717) is 19.1 Å². The number of anilines is 1. The number of nitrogens with zero attached hydrogens (tertiary/aromatic N) is 2. The molecule has 1 amide bonds. The molecular formula is C18H17F3N2O4. The van der Waals surface area contributed by atoms with Crippen LogP contribution in [0.2, 0.25) is 0 Å². The van der Waals surface area contributed by atoms with E-state index < -0.39 is 17.6 Å². The SMILES string of the molecule is O=C(c1coc(C2CCOCC2)n1)N1CCOc2ccc(C(F)(F)F)cc21. The van der Waals surface area contributed by atoms with Crippen molar-refractivity contribution in [1.82, 2.24) is 4.98 Å². The van der Waals surface area contributed by atoms with Crippen molar-refractivity contribution < 1.29 is 31.9 Å². The number of hydrogen-bond acceptors (Lipinski definition) is 5. The average molecular weight is 382 g/mol. The number of carbonyl (C=O) groups excluding carboxylic acids is 1. The van der Waals surface area contributed by atoms with Gasteiger partial charge >= 0.3 is 6.18 Å². The molecule has 3 heterocycles. The first-order chi connectivity index (χ1) is 12.9. The van der Waals surface area contributed by atoms with E-state index in [0.717, 1.165) is 25.0 Å². The Balaban J connectivity index is 1.61. The summed E-state index contributed by atoms with van der Waals surface area (Å²) in [5.41, 5.74) is -0.689. The van der Waals surface area contributed by atoms with Gasteiger partial charge in [0.1, 0.15) is 18.6 Å². The van der Waals surface area contributed by atoms with Gasteiger partial charge in [0.2, 0.25) is 0 Å². The number of ether oxygens (including phenoxy) is 2. The van der Waals surface area contributed by atoms with E-state index in [1.807, 2.05) is 0 Å². The first-order valence-electron chi connectivity index (χ1n) is 8.62. The lowest BCUT2D eigenvalue weighted by atomic mass is 10.0. The van der Waals surface area contributed by atoms with E-state index in [1.165, 1.54) is 17.2 Å². The van der Waals surface area contributed by atoms with Crippen LogP contribution in [0, 0.1) is 0 Å². The minimum atomic E-state index is -4.51. The molecule has 0 atom stereocenters. The summed E-state index contributed by atoms with van der Waals surface area (Å²) in [6.45, 7) is 1.53. The highest BCUT2D eigenvalue weighted by Crippen LogP contribution is 2.39. The predicted octanol–water partition coefficient (Wildman–Crippen LogP) is 3.63. The molecule has 9 heteroatoms. The van der Waals surface area contributed by atoms with Gasteiger partial charge in [0.25, 0.3) is 5.91 Å². The largest absolute Gasteiger partial charge is 0.490 e. The molecule has 1 saturated heterocycles. The number of benzene rings is 1. The molecule has 2 aliphatic heterocycles. The van der Waals surface area contributed by atoms with Crippen molar-refractivity contribution in [3.8, 4) is 5.75 Å². The minimum Gasteiger partial charge on any atom is -0.490 e. The van der Waals surface area contributed by atoms with Gasteiger partial charge in [-0.1, -0.05) is 0 Å². The van der Waals surface area contributed by atoms with Gasteiger partial charge in [-0.15, -0.1) is 0 Å². The number of hydrogen-bond donors (Lipinski definition) is 0. The standard InChI is InChI=1S/C18H17F3N2O4/c19-18(20,21)12-1-2-15-14(9-12)23(5-8-26-15)17(24)13-10-27-16(22-13)11-3-6-25-7-4-11/h1-2,9-11H,3-8H2. The Morgan fingerprint density at radius 3 is 2.70 bits per heavy atom. The van der Waals surface area contributed by atoms with E-state index >= 15 is 0 Å². The number of halogens is 3. The van der Waals surface area contributed by atoms with Gasteiger partial charge in [0.15, 0.2) is 11.6 Å². The van der Waals surface area contributed by atoms with E-state index in [1.54, 1.807) is 0 Å². The van der Waals surface area contributed by atoms with E-state index in [2.05, 4.69) is 4.98 Å². The number of carbonyl (C=O) groups is 1. The first kappa shape index (κ1) is 17.8. The van der Waals surface area contributed by atoms with Crippen LogP contribution in [0.1, 0.15) is 40.7 Å². The average Bonchev–Trinajstić information content (AvgIpc) is 3.17. The fourth-order valence-electron chi connectivity index (χ4n) is 3.26. The van der Waals surface area contributed by atoms with Crippen LogP contribution in [0.3, 0.4) is 0 Å². The molecule has 0 N–H and O–H groups in total. The van der Waals surface area contributed by atoms with Gasteiger partial charge < -0.3 is 13.9 Å². The molecule has 0 unspecified atom stereocenters. The van der Waals surface area contributed by atoms with Crippen LogP contribution < -0.4 is 9.64 Å². The molecule has 0 spiro atoms. The lowest BCUT2D eigenvalue weighted by Gasteiger charge is -2.29. The lowest BCUT2D eigenvalue weighted by molar-refractivity contribution is -0.137. The summed E-state index contributed by atoms with van der Waals surface area (Å²) in [5, 5.41) is 0. The van der Waals surface area contributed by atoms with Gasteiger partial charge in [0.05, 0.1) is 17.8 Å². The Labute approximate surface area is 152 Å². The summed E-state index contributed by atoms with van der Waals surface area (Å²) in [7, 11) is 0. The molecule has 0 aliphatic carbocycles. The van der Waals surface area contributed by atoms with Gasteiger partial charge in [-0.05, 0) is 31.0 Å². The van der Waals surface area contributed by atoms with Crippen LogP contribution in [-0.2, 0) is 10.9 Å². The Kier molecular flexibility index (Phi) is 4.55. The third-order valence-electron chi connectivity index (χ3n) is 4.71. The lowest BCUT2D eigenvalue weighted by Crippen LogP contribution is -2.38. The van der Waals surface area contributed by atoms with Crippen molar-refractivity contribution in [1.29, 1.82) is 0 Å². The molecule has 1 fully saturated rings. The highest BCUT2D eigenvalue weighted by molar-refractivity contribution is 6.05. The van der Waals surface area contributed by atoms with Crippen LogP contribution in [0.25, 0.3) is 0 Å². The molecule has 1 aromatic heterocycles. The summed E-state index contributed by atoms with van der Waals surface area (Å²) in [4.78, 5) is 18.4. The molecule has 0 radical (unpaired) electrons. The summed E-state index contributed by atoms with van der Waals surface area (Å²) >= 11 is 0. The normalized spacial score (nSPS) is 18.1. The van der Waals surface area contributed by atoms with Crippen molar-refractivity contribution in [2.24, 2.45) is 0 Å². The molecule has 2 aliphatic rings. The fourth-order valence-corrected chi connectivity index (χ4v) is 3.26. The molecular weight excluding hydrogens is 365 g/mol. The third kappa shape index (κ3) is 3.51. The molecule has 27 heavy (non-hydrogen) atoms. The van der Waals surface area contributed by atoms with E-state index in [4.69, 9.17) is 13.9 Å². The van der Waals surface area contributed by atoms with Crippen LogP contribution in [0.5, 0.6) is 5.75 Å². The predicted molar refractivity (Wildman–Crippen MR) is 87.9 cm³/mol. The first-order valence-corrected chi connectivity index (χ1v) is 8.62. The monoisotopic (exact) mass is 382 g/mol. The zero-order valence-electron chi connectivity index (χ0n) is 14.3. The summed E-state index contributed by atoms with van der Waals surface area (Å²) in [6, 6.07) is 3.09. The van der Waals surface area contributed by atoms with Crippen LogP contribution >= 0.6 is 0 Å². The zero-order chi connectivity index (χ0) is 19.0. The number of alkyl halides is 3. The molecule has 6 nitrogen and oxygen atoms in total. The molecule has 2 aromatic rings. The number of aromatic nitrogens is 1. The summed E-state index contributed by atoms with van der Waals surface area (Å²) in [6.07, 6.45) is -1.74. The molecule has 0 saturated carbocycles. The molecule has 0 bridgehead atoms. The number of rotatable bonds is 2. The highest BCUT2D eigenvalue weighted by atomic mass is 19.4. The third-order valence-corrected chi connectivity index (χ3v) is 4.71. The van der Waals surface area contributed by atoms with Gasteiger partial charge in [0, 0.05) is 19.1 Å². The van der Waals surface area contributed by atoms with Crippen molar-refractivity contribution in [3.63, 3.8) is 0 Å². The molecule has 144 valence electrons. The fraction of sp³-hybridized carbons (Fsp3) is 0.444. The minimum absolute atomic E-state index is 0.0711. The Morgan fingerprint density at radius 2 is 1.96 bits per heavy atom. The number of amides is 1. The maximum absolute atomic E-state index is 13.0. The van der Waals surface area contributed by atoms with Crippen molar-refractivity contribution in [3.05, 3.63) is 41.6 Å². The van der Waals surface area contributed by atoms with Crippen molar-refractivity contribution >= 4 is 11.6 Å². The van der Waals surface area contributed by atoms with E-state index in [9.17, 15) is 18.0 Å². The topological polar surface area (TPSA) is 64.8 Å². The number of oxazole rings is 1. The van der Waals surface area contributed by atoms with Gasteiger partial charge in [-0.25, -0.2) is 4.98 Å². The molecule has 4 rings (SSSR count). The highest BCUT2D eigenvalue weighted by Gasteiger charge is 2.34. The second-order valence-corrected chi connectivity index (χ2v) is 6.44. The van der Waals surface area contributed by atoms with E-state index in [-0.39, 0.29) is 36.2 Å². The maximum atomic E-state index is 13.0. The van der Waals surface area contributed by atoms with Crippen LogP contribution in [-0.4, -0.2) is 37.3 Å². The number of fused-ring (bicyclic) bond motifs is 1. The smallest absolute Gasteiger partial charge is 0.416 e. The Morgan fingerprint density at radius 1 is 1.19 bits per heavy atom. The Bertz CT molecular complexity index is 843. The quantitative estimate of drug-likeness (QED) is 0.794. The second kappa shape index (κ2) is 6.88. The zero-order valence-corrected chi connectivity index (χ0v) is 14.3. The summed E-state index contributed by atoms with van der Waals surface area (Å²) in [5.74, 6) is 0.255.